The van der Waals surface area contributed by atoms with Gasteiger partial charge in [-0.1, -0.05) is 0 Å². The van der Waals surface area contributed by atoms with Gasteiger partial charge in [0.15, 0.2) is 5.78 Å². The van der Waals surface area contributed by atoms with Gasteiger partial charge in [0.25, 0.3) is 0 Å². The Bertz CT molecular complexity index is 256. The van der Waals surface area contributed by atoms with Crippen LogP contribution in [0, 0.1) is 0 Å². The second-order valence-corrected chi connectivity index (χ2v) is 3.77. The lowest BCUT2D eigenvalue weighted by Crippen LogP contribution is -2.50. The van der Waals surface area contributed by atoms with Gasteiger partial charge in [-0.15, -0.1) is 0 Å². The number of hydrogen-bond acceptors (Lipinski definition) is 4. The second-order valence-electron chi connectivity index (χ2n) is 3.77. The Balaban J connectivity index is 2.49. The molecule has 0 spiro atoms. The molecule has 1 rings (SSSR count). The number of likely N-dealkylation sites (tertiary alicyclic amines) is 1. The summed E-state index contributed by atoms with van der Waals surface area (Å²) in [4.78, 5) is 24.0. The Morgan fingerprint density at radius 3 is 2.33 bits per heavy atom. The first-order valence-corrected chi connectivity index (χ1v) is 5.14. The van der Waals surface area contributed by atoms with Gasteiger partial charge >= 0.3 is 6.09 Å². The molecule has 1 aliphatic heterocycles. The minimum absolute atomic E-state index is 0.231. The maximum atomic E-state index is 11.3. The molecule has 1 heterocycles. The summed E-state index contributed by atoms with van der Waals surface area (Å²) in [6, 6.07) is 0. The molecule has 0 aromatic rings. The smallest absolute Gasteiger partial charge is 0.409 e. The molecule has 0 bridgehead atoms. The van der Waals surface area contributed by atoms with Gasteiger partial charge in [0.05, 0.1) is 6.61 Å². The van der Waals surface area contributed by atoms with Crippen molar-refractivity contribution in [3.8, 4) is 0 Å². The molecular weight excluding hydrogens is 198 g/mol. The Kier molecular flexibility index (Phi) is 3.68. The van der Waals surface area contributed by atoms with Crippen LogP contribution in [-0.4, -0.2) is 47.2 Å². The van der Waals surface area contributed by atoms with E-state index in [1.165, 1.54) is 11.8 Å². The number of nitrogens with zero attached hydrogens (tertiary/aromatic N) is 1. The van der Waals surface area contributed by atoms with Gasteiger partial charge in [-0.25, -0.2) is 4.79 Å². The topological polar surface area (TPSA) is 66.8 Å². The van der Waals surface area contributed by atoms with Gasteiger partial charge in [-0.05, 0) is 13.8 Å². The van der Waals surface area contributed by atoms with E-state index in [0.29, 0.717) is 32.5 Å². The van der Waals surface area contributed by atoms with Gasteiger partial charge in [0.1, 0.15) is 5.60 Å². The third kappa shape index (κ3) is 2.68. The van der Waals surface area contributed by atoms with Crippen LogP contribution in [0.4, 0.5) is 4.79 Å². The first kappa shape index (κ1) is 12.0. The van der Waals surface area contributed by atoms with E-state index in [1.54, 1.807) is 6.92 Å². The van der Waals surface area contributed by atoms with Crippen LogP contribution in [0.2, 0.25) is 0 Å². The Morgan fingerprint density at radius 1 is 1.40 bits per heavy atom. The molecule has 1 saturated heterocycles. The fourth-order valence-corrected chi connectivity index (χ4v) is 1.63. The molecule has 5 heteroatoms. The van der Waals surface area contributed by atoms with E-state index in [4.69, 9.17) is 4.74 Å². The van der Waals surface area contributed by atoms with E-state index in [0.717, 1.165) is 0 Å². The van der Waals surface area contributed by atoms with Crippen molar-refractivity contribution in [2.75, 3.05) is 19.7 Å². The minimum Gasteiger partial charge on any atom is -0.450 e. The van der Waals surface area contributed by atoms with Crippen LogP contribution < -0.4 is 0 Å². The molecule has 1 fully saturated rings. The summed E-state index contributed by atoms with van der Waals surface area (Å²) >= 11 is 0. The molecule has 0 aliphatic carbocycles. The number of carbonyl (C=O) groups is 2. The van der Waals surface area contributed by atoms with Crippen molar-refractivity contribution in [2.45, 2.75) is 32.3 Å². The second kappa shape index (κ2) is 4.61. The lowest BCUT2D eigenvalue weighted by atomic mass is 9.88. The maximum Gasteiger partial charge on any atom is 0.409 e. The molecule has 1 amide bonds. The normalized spacial score (nSPS) is 19.8. The van der Waals surface area contributed by atoms with Crippen LogP contribution >= 0.6 is 0 Å². The zero-order valence-corrected chi connectivity index (χ0v) is 9.15. The summed E-state index contributed by atoms with van der Waals surface area (Å²) in [5.41, 5.74) is -1.25. The first-order valence-electron chi connectivity index (χ1n) is 5.14. The summed E-state index contributed by atoms with van der Waals surface area (Å²) < 4.78 is 4.83. The van der Waals surface area contributed by atoms with E-state index in [-0.39, 0.29) is 11.9 Å². The molecule has 86 valence electrons. The summed E-state index contributed by atoms with van der Waals surface area (Å²) in [7, 11) is 0. The zero-order chi connectivity index (χ0) is 11.5. The van der Waals surface area contributed by atoms with Gasteiger partial charge in [0, 0.05) is 25.9 Å². The number of aliphatic hydroxyl groups is 1. The maximum absolute atomic E-state index is 11.3. The highest BCUT2D eigenvalue weighted by atomic mass is 16.6. The number of ether oxygens (including phenoxy) is 1. The van der Waals surface area contributed by atoms with Crippen LogP contribution in [-0.2, 0) is 9.53 Å². The number of rotatable bonds is 2. The van der Waals surface area contributed by atoms with Gasteiger partial charge in [-0.2, -0.15) is 0 Å². The molecule has 5 nitrogen and oxygen atoms in total. The summed E-state index contributed by atoms with van der Waals surface area (Å²) in [6.45, 7) is 4.20. The van der Waals surface area contributed by atoms with E-state index >= 15 is 0 Å². The highest BCUT2D eigenvalue weighted by Crippen LogP contribution is 2.23. The van der Waals surface area contributed by atoms with Gasteiger partial charge in [0.2, 0.25) is 0 Å². The molecule has 1 N–H and O–H groups in total. The highest BCUT2D eigenvalue weighted by Gasteiger charge is 2.37. The summed E-state index contributed by atoms with van der Waals surface area (Å²) in [5, 5.41) is 9.85. The van der Waals surface area contributed by atoms with Crippen LogP contribution in [0.1, 0.15) is 26.7 Å². The van der Waals surface area contributed by atoms with E-state index < -0.39 is 5.60 Å². The van der Waals surface area contributed by atoms with Crippen LogP contribution in [0.15, 0.2) is 0 Å². The average molecular weight is 215 g/mol. The number of amides is 1. The van der Waals surface area contributed by atoms with Crippen LogP contribution in [0.3, 0.4) is 0 Å². The zero-order valence-electron chi connectivity index (χ0n) is 9.15. The number of ketones is 1. The standard InChI is InChI=1S/C10H17NO4/c1-3-15-9(13)11-6-4-10(14,5-7-11)8(2)12/h14H,3-7H2,1-2H3. The van der Waals surface area contributed by atoms with Crippen molar-refractivity contribution in [3.63, 3.8) is 0 Å². The largest absolute Gasteiger partial charge is 0.450 e. The van der Waals surface area contributed by atoms with Crippen molar-refractivity contribution < 1.29 is 19.4 Å². The van der Waals surface area contributed by atoms with Gasteiger partial charge in [-0.3, -0.25) is 4.79 Å². The fraction of sp³-hybridized carbons (Fsp3) is 0.800. The Hall–Kier alpha value is -1.10. The van der Waals surface area contributed by atoms with E-state index in [9.17, 15) is 14.7 Å². The van der Waals surface area contributed by atoms with E-state index in [2.05, 4.69) is 0 Å². The average Bonchev–Trinajstić information content (AvgIpc) is 2.19. The number of piperidine rings is 1. The van der Waals surface area contributed by atoms with E-state index in [1.807, 2.05) is 0 Å². The third-order valence-corrected chi connectivity index (χ3v) is 2.77. The lowest BCUT2D eigenvalue weighted by molar-refractivity contribution is -0.139. The molecule has 1 aliphatic rings. The number of carbonyl (C=O) groups excluding carboxylic acids is 2. The minimum atomic E-state index is -1.25. The predicted molar refractivity (Wildman–Crippen MR) is 53.5 cm³/mol. The van der Waals surface area contributed by atoms with Crippen molar-refractivity contribution in [3.05, 3.63) is 0 Å². The molecular formula is C10H17NO4. The third-order valence-electron chi connectivity index (χ3n) is 2.77. The van der Waals surface area contributed by atoms with Gasteiger partial charge < -0.3 is 14.7 Å². The van der Waals surface area contributed by atoms with Crippen molar-refractivity contribution >= 4 is 11.9 Å². The summed E-state index contributed by atoms with van der Waals surface area (Å²) in [5.74, 6) is -0.231. The Morgan fingerprint density at radius 2 is 1.93 bits per heavy atom. The van der Waals surface area contributed by atoms with Crippen molar-refractivity contribution in [1.82, 2.24) is 4.90 Å². The predicted octanol–water partition coefficient (Wildman–Crippen LogP) is 0.559. The molecule has 0 unspecified atom stereocenters. The molecule has 0 radical (unpaired) electrons. The van der Waals surface area contributed by atoms with Crippen molar-refractivity contribution in [2.24, 2.45) is 0 Å². The molecule has 0 aromatic carbocycles. The molecule has 0 saturated carbocycles. The fourth-order valence-electron chi connectivity index (χ4n) is 1.63. The number of Topliss-reactive ketones (excluding diaryl/α,β-unsaturated/α-hetero) is 1. The Labute approximate surface area is 89.0 Å². The van der Waals surface area contributed by atoms with Crippen LogP contribution in [0.5, 0.6) is 0 Å². The summed E-state index contributed by atoms with van der Waals surface area (Å²) in [6.07, 6.45) is 0.213. The highest BCUT2D eigenvalue weighted by molar-refractivity contribution is 5.85. The molecule has 0 atom stereocenters. The first-order chi connectivity index (χ1) is 6.99. The monoisotopic (exact) mass is 215 g/mol. The van der Waals surface area contributed by atoms with Crippen LogP contribution in [0.25, 0.3) is 0 Å². The van der Waals surface area contributed by atoms with Crippen molar-refractivity contribution in [1.29, 1.82) is 0 Å². The lowest BCUT2D eigenvalue weighted by Gasteiger charge is -2.35. The molecule has 0 aromatic heterocycles. The SMILES string of the molecule is CCOC(=O)N1CCC(O)(C(C)=O)CC1. The molecule has 15 heavy (non-hydrogen) atoms. The quantitative estimate of drug-likeness (QED) is 0.730. The number of hydrogen-bond donors (Lipinski definition) is 1.